The average molecular weight is 350 g/mol. The number of nitrogens with zero attached hydrogens (tertiary/aromatic N) is 1. The van der Waals surface area contributed by atoms with Gasteiger partial charge < -0.3 is 15.0 Å². The molecular weight excluding hydrogens is 331 g/mol. The summed E-state index contributed by atoms with van der Waals surface area (Å²) in [5, 5.41) is 6.28. The van der Waals surface area contributed by atoms with Crippen molar-refractivity contribution in [2.24, 2.45) is 0 Å². The minimum atomic E-state index is -0.428. The average Bonchev–Trinajstić information content (AvgIpc) is 3.11. The van der Waals surface area contributed by atoms with Gasteiger partial charge in [-0.05, 0) is 23.6 Å². The highest BCUT2D eigenvalue weighted by Gasteiger charge is 2.11. The molecule has 1 aromatic heterocycles. The molecular formula is C17H19FN2O3S. The molecule has 1 heterocycles. The summed E-state index contributed by atoms with van der Waals surface area (Å²) in [4.78, 5) is 25.2. The number of likely N-dealkylation sites (N-methyl/N-ethyl adjacent to an activating group) is 1. The summed E-state index contributed by atoms with van der Waals surface area (Å²) in [5.41, 5.74) is 0.596. The number of hydrogen-bond acceptors (Lipinski definition) is 4. The van der Waals surface area contributed by atoms with E-state index in [4.69, 9.17) is 4.74 Å². The molecule has 5 nitrogen and oxygen atoms in total. The van der Waals surface area contributed by atoms with Crippen LogP contribution >= 0.6 is 11.3 Å². The van der Waals surface area contributed by atoms with Crippen molar-refractivity contribution in [2.45, 2.75) is 6.42 Å². The van der Waals surface area contributed by atoms with Crippen LogP contribution in [-0.4, -0.2) is 43.5 Å². The molecule has 0 atom stereocenters. The van der Waals surface area contributed by atoms with E-state index in [0.29, 0.717) is 12.1 Å². The number of carbonyl (C=O) groups excluding carboxylic acids is 2. The number of rotatable bonds is 8. The number of para-hydroxylation sites is 1. The lowest BCUT2D eigenvalue weighted by molar-refractivity contribution is -0.130. The maximum atomic E-state index is 13.4. The Morgan fingerprint density at radius 1 is 1.29 bits per heavy atom. The molecule has 24 heavy (non-hydrogen) atoms. The number of halogens is 1. The van der Waals surface area contributed by atoms with Crippen molar-refractivity contribution in [3.63, 3.8) is 0 Å². The van der Waals surface area contributed by atoms with Crippen molar-refractivity contribution in [1.29, 1.82) is 0 Å². The molecule has 1 aromatic carbocycles. The van der Waals surface area contributed by atoms with Gasteiger partial charge in [-0.25, -0.2) is 4.39 Å². The first-order valence-electron chi connectivity index (χ1n) is 7.49. The third-order valence-corrected chi connectivity index (χ3v) is 4.04. The monoisotopic (exact) mass is 350 g/mol. The van der Waals surface area contributed by atoms with Crippen LogP contribution < -0.4 is 10.1 Å². The van der Waals surface area contributed by atoms with E-state index in [1.165, 1.54) is 28.4 Å². The third kappa shape index (κ3) is 5.34. The van der Waals surface area contributed by atoms with Gasteiger partial charge in [0.15, 0.2) is 11.6 Å². The SMILES string of the molecule is CN(CCOc1ccccc1F)C(=O)CCNC(=O)c1ccsc1. The Hall–Kier alpha value is -2.41. The second-order valence-corrected chi connectivity index (χ2v) is 5.89. The minimum Gasteiger partial charge on any atom is -0.489 e. The summed E-state index contributed by atoms with van der Waals surface area (Å²) in [6, 6.07) is 7.86. The molecule has 0 aliphatic rings. The molecule has 2 rings (SSSR count). The maximum absolute atomic E-state index is 13.4. The number of carbonyl (C=O) groups is 2. The Morgan fingerprint density at radius 2 is 2.08 bits per heavy atom. The van der Waals surface area contributed by atoms with E-state index in [1.807, 2.05) is 5.38 Å². The third-order valence-electron chi connectivity index (χ3n) is 3.35. The van der Waals surface area contributed by atoms with Gasteiger partial charge in [-0.3, -0.25) is 9.59 Å². The molecule has 0 saturated carbocycles. The highest BCUT2D eigenvalue weighted by molar-refractivity contribution is 7.08. The molecule has 0 aliphatic heterocycles. The minimum absolute atomic E-state index is 0.113. The zero-order chi connectivity index (χ0) is 17.4. The fourth-order valence-electron chi connectivity index (χ4n) is 1.95. The summed E-state index contributed by atoms with van der Waals surface area (Å²) in [5.74, 6) is -0.559. The predicted octanol–water partition coefficient (Wildman–Crippen LogP) is 2.54. The van der Waals surface area contributed by atoms with Crippen LogP contribution in [0.15, 0.2) is 41.1 Å². The number of nitrogens with one attached hydrogen (secondary N) is 1. The van der Waals surface area contributed by atoms with E-state index in [9.17, 15) is 14.0 Å². The Labute approximate surface area is 144 Å². The number of benzene rings is 1. The normalized spacial score (nSPS) is 10.2. The summed E-state index contributed by atoms with van der Waals surface area (Å²) < 4.78 is 18.7. The van der Waals surface area contributed by atoms with Crippen LogP contribution in [0, 0.1) is 5.82 Å². The first-order chi connectivity index (χ1) is 11.6. The highest BCUT2D eigenvalue weighted by atomic mass is 32.1. The van der Waals surface area contributed by atoms with Crippen LogP contribution in [0.5, 0.6) is 5.75 Å². The molecule has 0 bridgehead atoms. The van der Waals surface area contributed by atoms with Gasteiger partial charge in [0.05, 0.1) is 6.54 Å². The van der Waals surface area contributed by atoms with E-state index >= 15 is 0 Å². The van der Waals surface area contributed by atoms with Gasteiger partial charge in [-0.1, -0.05) is 12.1 Å². The molecule has 0 saturated heterocycles. The number of hydrogen-bond donors (Lipinski definition) is 1. The fourth-order valence-corrected chi connectivity index (χ4v) is 2.58. The summed E-state index contributed by atoms with van der Waals surface area (Å²) in [6.07, 6.45) is 0.200. The number of amides is 2. The zero-order valence-electron chi connectivity index (χ0n) is 13.3. The van der Waals surface area contributed by atoms with Crippen molar-refractivity contribution in [3.8, 4) is 5.75 Å². The topological polar surface area (TPSA) is 58.6 Å². The van der Waals surface area contributed by atoms with Gasteiger partial charge in [-0.2, -0.15) is 11.3 Å². The quantitative estimate of drug-likeness (QED) is 0.796. The van der Waals surface area contributed by atoms with Gasteiger partial charge in [0.1, 0.15) is 6.61 Å². The summed E-state index contributed by atoms with van der Waals surface area (Å²) in [7, 11) is 1.65. The molecule has 0 radical (unpaired) electrons. The lowest BCUT2D eigenvalue weighted by Crippen LogP contribution is -2.34. The van der Waals surface area contributed by atoms with Gasteiger partial charge in [0.2, 0.25) is 5.91 Å². The second-order valence-electron chi connectivity index (χ2n) is 5.11. The largest absolute Gasteiger partial charge is 0.489 e. The van der Waals surface area contributed by atoms with E-state index in [-0.39, 0.29) is 37.1 Å². The van der Waals surface area contributed by atoms with E-state index in [0.717, 1.165) is 0 Å². The van der Waals surface area contributed by atoms with Crippen LogP contribution in [0.4, 0.5) is 4.39 Å². The van der Waals surface area contributed by atoms with Gasteiger partial charge in [-0.15, -0.1) is 0 Å². The molecule has 2 amide bonds. The second kappa shape index (κ2) is 9.02. The van der Waals surface area contributed by atoms with Crippen molar-refractivity contribution >= 4 is 23.2 Å². The van der Waals surface area contributed by atoms with Gasteiger partial charge in [0, 0.05) is 31.0 Å². The molecule has 128 valence electrons. The Morgan fingerprint density at radius 3 is 2.79 bits per heavy atom. The Balaban J connectivity index is 1.65. The lowest BCUT2D eigenvalue weighted by Gasteiger charge is -2.17. The molecule has 2 aromatic rings. The molecule has 0 spiro atoms. The van der Waals surface area contributed by atoms with E-state index in [1.54, 1.807) is 30.6 Å². The van der Waals surface area contributed by atoms with E-state index in [2.05, 4.69) is 5.32 Å². The van der Waals surface area contributed by atoms with Crippen LogP contribution in [0.2, 0.25) is 0 Å². The summed E-state index contributed by atoms with van der Waals surface area (Å²) >= 11 is 1.44. The molecule has 7 heteroatoms. The smallest absolute Gasteiger partial charge is 0.252 e. The standard InChI is InChI=1S/C17H19FN2O3S/c1-20(9-10-23-15-5-3-2-4-14(15)18)16(21)6-8-19-17(22)13-7-11-24-12-13/h2-5,7,11-12H,6,8-10H2,1H3,(H,19,22). The molecule has 0 aliphatic carbocycles. The first kappa shape index (κ1) is 17.9. The number of ether oxygens (including phenoxy) is 1. The zero-order valence-corrected chi connectivity index (χ0v) is 14.1. The Kier molecular flexibility index (Phi) is 6.74. The number of thiophene rings is 1. The lowest BCUT2D eigenvalue weighted by atomic mass is 10.3. The predicted molar refractivity (Wildman–Crippen MR) is 90.8 cm³/mol. The van der Waals surface area contributed by atoms with Crippen molar-refractivity contribution in [3.05, 3.63) is 52.5 Å². The molecule has 0 fully saturated rings. The van der Waals surface area contributed by atoms with Crippen molar-refractivity contribution in [1.82, 2.24) is 10.2 Å². The van der Waals surface area contributed by atoms with Gasteiger partial charge >= 0.3 is 0 Å². The summed E-state index contributed by atoms with van der Waals surface area (Å²) in [6.45, 7) is 0.808. The molecule has 1 N–H and O–H groups in total. The Bertz CT molecular complexity index is 676. The van der Waals surface area contributed by atoms with Crippen molar-refractivity contribution < 1.29 is 18.7 Å². The van der Waals surface area contributed by atoms with Gasteiger partial charge in [0.25, 0.3) is 5.91 Å². The van der Waals surface area contributed by atoms with E-state index < -0.39 is 5.82 Å². The van der Waals surface area contributed by atoms with Crippen LogP contribution in [0.3, 0.4) is 0 Å². The molecule has 0 unspecified atom stereocenters. The highest BCUT2D eigenvalue weighted by Crippen LogP contribution is 2.15. The first-order valence-corrected chi connectivity index (χ1v) is 8.44. The fraction of sp³-hybridized carbons (Fsp3) is 0.294. The van der Waals surface area contributed by atoms with Crippen LogP contribution in [0.25, 0.3) is 0 Å². The van der Waals surface area contributed by atoms with Crippen molar-refractivity contribution in [2.75, 3.05) is 26.7 Å². The maximum Gasteiger partial charge on any atom is 0.252 e. The van der Waals surface area contributed by atoms with Crippen LogP contribution in [-0.2, 0) is 4.79 Å². The van der Waals surface area contributed by atoms with Crippen LogP contribution in [0.1, 0.15) is 16.8 Å².